The van der Waals surface area contributed by atoms with E-state index in [1.165, 1.54) is 4.68 Å². The van der Waals surface area contributed by atoms with Crippen LogP contribution >= 0.6 is 11.6 Å². The summed E-state index contributed by atoms with van der Waals surface area (Å²) in [7, 11) is 9.43. The molecular weight excluding hydrogens is 760 g/mol. The molecule has 3 aromatic heterocycles. The topological polar surface area (TPSA) is 153 Å². The van der Waals surface area contributed by atoms with Gasteiger partial charge in [0.1, 0.15) is 5.69 Å². The zero-order valence-corrected chi connectivity index (χ0v) is 36.2. The predicted molar refractivity (Wildman–Crippen MR) is 224 cm³/mol. The Hall–Kier alpha value is -5.28. The lowest BCUT2D eigenvalue weighted by atomic mass is 9.71. The van der Waals surface area contributed by atoms with Crippen LogP contribution in [0.25, 0.3) is 11.4 Å². The molecule has 16 heteroatoms. The Labute approximate surface area is 345 Å². The lowest BCUT2D eigenvalue weighted by Gasteiger charge is -2.34. The second-order valence-electron chi connectivity index (χ2n) is 16.5. The summed E-state index contributed by atoms with van der Waals surface area (Å²) in [4.78, 5) is 53.5. The van der Waals surface area contributed by atoms with Gasteiger partial charge in [-0.25, -0.2) is 19.6 Å². The van der Waals surface area contributed by atoms with Crippen LogP contribution in [0, 0.1) is 0 Å². The number of anilines is 3. The summed E-state index contributed by atoms with van der Waals surface area (Å²) in [5.41, 5.74) is 7.13. The van der Waals surface area contributed by atoms with Crippen LogP contribution in [-0.4, -0.2) is 118 Å². The van der Waals surface area contributed by atoms with Crippen molar-refractivity contribution in [2.24, 2.45) is 14.1 Å². The molecule has 0 saturated carbocycles. The van der Waals surface area contributed by atoms with E-state index in [1.807, 2.05) is 70.5 Å². The Balaban J connectivity index is 0.000000221. The number of rotatable bonds is 8. The lowest BCUT2D eigenvalue weighted by Crippen LogP contribution is -2.44. The molecule has 310 valence electrons. The minimum absolute atomic E-state index is 0.0754. The number of nitrogens with zero attached hydrogens (tertiary/aromatic N) is 9. The van der Waals surface area contributed by atoms with Crippen LogP contribution in [0.5, 0.6) is 0 Å². The Morgan fingerprint density at radius 2 is 1.45 bits per heavy atom. The van der Waals surface area contributed by atoms with Crippen molar-refractivity contribution in [3.8, 4) is 11.4 Å². The van der Waals surface area contributed by atoms with Crippen molar-refractivity contribution in [2.75, 3.05) is 70.8 Å². The molecule has 58 heavy (non-hydrogen) atoms. The van der Waals surface area contributed by atoms with Crippen LogP contribution in [0.15, 0.2) is 36.2 Å². The summed E-state index contributed by atoms with van der Waals surface area (Å²) in [5.74, 6) is -0.496. The summed E-state index contributed by atoms with van der Waals surface area (Å²) in [6, 6.07) is 5.96. The Bertz CT molecular complexity index is 2270. The number of Topliss-reactive ketones (excluding diaryl/α,β-unsaturated/α-hetero) is 1. The van der Waals surface area contributed by atoms with Gasteiger partial charge in [-0.05, 0) is 68.3 Å². The fraction of sp³-hybridized carbons (Fsp3) is 0.500. The first-order valence-electron chi connectivity index (χ1n) is 19.6. The number of likely N-dealkylation sites (N-methyl/N-ethyl adjacent to an activating group) is 1. The first kappa shape index (κ1) is 42.3. The van der Waals surface area contributed by atoms with E-state index in [2.05, 4.69) is 51.2 Å². The van der Waals surface area contributed by atoms with Crippen molar-refractivity contribution in [1.29, 1.82) is 0 Å². The molecule has 0 unspecified atom stereocenters. The van der Waals surface area contributed by atoms with Gasteiger partial charge in [0.2, 0.25) is 11.7 Å². The van der Waals surface area contributed by atoms with Crippen LogP contribution < -0.4 is 10.2 Å². The molecule has 15 nitrogen and oxygen atoms in total. The van der Waals surface area contributed by atoms with Crippen LogP contribution in [0.2, 0.25) is 5.02 Å². The van der Waals surface area contributed by atoms with Crippen molar-refractivity contribution in [2.45, 2.75) is 65.2 Å². The van der Waals surface area contributed by atoms with Crippen molar-refractivity contribution >= 4 is 46.6 Å². The summed E-state index contributed by atoms with van der Waals surface area (Å²) >= 11 is 6.67. The average Bonchev–Trinajstić information content (AvgIpc) is 3.70. The zero-order valence-electron chi connectivity index (χ0n) is 35.5. The molecule has 0 bridgehead atoms. The molecule has 7 rings (SSSR count). The van der Waals surface area contributed by atoms with Gasteiger partial charge in [0, 0.05) is 89.2 Å². The van der Waals surface area contributed by atoms with Gasteiger partial charge in [0.05, 0.1) is 35.3 Å². The third-order valence-corrected chi connectivity index (χ3v) is 11.0. The van der Waals surface area contributed by atoms with Gasteiger partial charge < -0.3 is 29.5 Å². The highest BCUT2D eigenvalue weighted by Crippen LogP contribution is 2.45. The molecule has 4 heterocycles. The van der Waals surface area contributed by atoms with Gasteiger partial charge in [0.15, 0.2) is 11.4 Å². The molecule has 1 aliphatic heterocycles. The maximum Gasteiger partial charge on any atom is 0.359 e. The summed E-state index contributed by atoms with van der Waals surface area (Å²) < 4.78 is 13.6. The highest BCUT2D eigenvalue weighted by Gasteiger charge is 2.43. The monoisotopic (exact) mass is 814 g/mol. The standard InChI is InChI=1S/C26H32ClN7O2.C16H23N3O3/c1-6-36-24(35)22-20-23(33(5)31-22)21-16(14-26(20,2)3)15-28-25(30-21)29-17-7-8-19(18(27)13-17)34-11-9-32(4)10-12-34;1-7-22-15(21)12-11-13(19(6)17-12)14(20)10(9-18(4)5)8-16(11,2)3/h7-8,13,15H,6,9-12,14H2,1-5H3,(H,28,29,30);9H,7-8H2,1-6H3/b;10-9-. The second-order valence-corrected chi connectivity index (χ2v) is 17.0. The number of fused-ring (bicyclic) bond motifs is 4. The number of benzene rings is 1. The molecular formula is C42H55ClN10O5. The fourth-order valence-electron chi connectivity index (χ4n) is 8.14. The van der Waals surface area contributed by atoms with Crippen molar-refractivity contribution in [3.05, 3.63) is 75.0 Å². The van der Waals surface area contributed by atoms with Crippen LogP contribution in [0.4, 0.5) is 17.3 Å². The summed E-state index contributed by atoms with van der Waals surface area (Å²) in [6.45, 7) is 16.3. The molecule has 1 N–H and O–H groups in total. The van der Waals surface area contributed by atoms with Gasteiger partial charge in [-0.15, -0.1) is 0 Å². The van der Waals surface area contributed by atoms with E-state index in [0.29, 0.717) is 47.4 Å². The fourth-order valence-corrected chi connectivity index (χ4v) is 8.44. The highest BCUT2D eigenvalue weighted by molar-refractivity contribution is 6.33. The molecule has 2 aliphatic carbocycles. The maximum atomic E-state index is 12.7. The number of aromatic nitrogens is 6. The number of halogens is 1. The number of hydrogen-bond acceptors (Lipinski definition) is 13. The number of piperazine rings is 1. The van der Waals surface area contributed by atoms with Crippen molar-refractivity contribution in [3.63, 3.8) is 0 Å². The lowest BCUT2D eigenvalue weighted by molar-refractivity contribution is 0.0506. The Kier molecular flexibility index (Phi) is 12.1. The van der Waals surface area contributed by atoms with Gasteiger partial charge in [0.25, 0.3) is 0 Å². The number of allylic oxidation sites excluding steroid dienone is 1. The second kappa shape index (κ2) is 16.5. The smallest absolute Gasteiger partial charge is 0.359 e. The van der Waals surface area contributed by atoms with Crippen molar-refractivity contribution < 1.29 is 23.9 Å². The van der Waals surface area contributed by atoms with Gasteiger partial charge >= 0.3 is 11.9 Å². The Morgan fingerprint density at radius 3 is 2.02 bits per heavy atom. The normalized spacial score (nSPS) is 17.4. The number of ether oxygens (including phenoxy) is 2. The summed E-state index contributed by atoms with van der Waals surface area (Å²) in [5, 5.41) is 12.8. The van der Waals surface area contributed by atoms with Crippen LogP contribution in [0.3, 0.4) is 0 Å². The first-order chi connectivity index (χ1) is 27.4. The number of carbonyl (C=O) groups excluding carboxylic acids is 3. The van der Waals surface area contributed by atoms with E-state index in [1.54, 1.807) is 25.6 Å². The minimum atomic E-state index is -0.472. The Morgan fingerprint density at radius 1 is 0.879 bits per heavy atom. The molecule has 1 saturated heterocycles. The number of nitrogens with one attached hydrogen (secondary N) is 1. The molecule has 0 spiro atoms. The van der Waals surface area contributed by atoms with Crippen LogP contribution in [0.1, 0.15) is 96.1 Å². The number of aryl methyl sites for hydroxylation is 2. The molecule has 0 atom stereocenters. The molecule has 1 aromatic carbocycles. The number of ketones is 1. The zero-order chi connectivity index (χ0) is 42.3. The maximum absolute atomic E-state index is 12.7. The first-order valence-corrected chi connectivity index (χ1v) is 20.0. The van der Waals surface area contributed by atoms with E-state index in [0.717, 1.165) is 65.6 Å². The third kappa shape index (κ3) is 8.33. The van der Waals surface area contributed by atoms with E-state index in [4.69, 9.17) is 26.1 Å². The van der Waals surface area contributed by atoms with Gasteiger partial charge in [-0.2, -0.15) is 10.2 Å². The van der Waals surface area contributed by atoms with Crippen molar-refractivity contribution in [1.82, 2.24) is 39.3 Å². The third-order valence-electron chi connectivity index (χ3n) is 10.7. The number of esters is 2. The van der Waals surface area contributed by atoms with E-state index in [9.17, 15) is 14.4 Å². The SMILES string of the molecule is CCOC(=O)c1nn(C)c2c1C(C)(C)C/C(=C/N(C)C)C2=O.CCOC(=O)c1nn(C)c2c1C(C)(C)Cc1cnc(Nc3ccc(N4CCN(C)CC4)c(Cl)c3)nc1-2. The predicted octanol–water partition coefficient (Wildman–Crippen LogP) is 5.94. The van der Waals surface area contributed by atoms with E-state index in [-0.39, 0.29) is 28.9 Å². The summed E-state index contributed by atoms with van der Waals surface area (Å²) in [6.07, 6.45) is 4.95. The average molecular weight is 815 g/mol. The van der Waals surface area contributed by atoms with Gasteiger partial charge in [-0.3, -0.25) is 14.2 Å². The molecule has 4 aromatic rings. The number of hydrogen-bond donors (Lipinski definition) is 1. The number of carbonyl (C=O) groups is 3. The van der Waals surface area contributed by atoms with Gasteiger partial charge in [-0.1, -0.05) is 39.3 Å². The minimum Gasteiger partial charge on any atom is -0.461 e. The molecule has 0 radical (unpaired) electrons. The van der Waals surface area contributed by atoms with Crippen LogP contribution in [-0.2, 0) is 40.8 Å². The largest absolute Gasteiger partial charge is 0.461 e. The van der Waals surface area contributed by atoms with E-state index < -0.39 is 11.9 Å². The highest BCUT2D eigenvalue weighted by atomic mass is 35.5. The van der Waals surface area contributed by atoms with E-state index >= 15 is 0 Å². The molecule has 0 amide bonds. The molecule has 1 fully saturated rings. The molecule has 3 aliphatic rings. The quantitative estimate of drug-likeness (QED) is 0.165.